The van der Waals surface area contributed by atoms with E-state index in [4.69, 9.17) is 9.26 Å². The molecule has 0 unspecified atom stereocenters. The van der Waals surface area contributed by atoms with Gasteiger partial charge in [-0.05, 0) is 19.1 Å². The quantitative estimate of drug-likeness (QED) is 0.830. The van der Waals surface area contributed by atoms with Crippen molar-refractivity contribution in [3.63, 3.8) is 0 Å². The number of aromatic nitrogens is 1. The Morgan fingerprint density at radius 1 is 1.17 bits per heavy atom. The van der Waals surface area contributed by atoms with E-state index in [2.05, 4.69) is 15.0 Å². The number of β-amino-alcohol motifs (C(OH)–C–C–N with tert-alkyl or cyclic N) is 1. The normalized spacial score (nSPS) is 17.8. The Hall–Kier alpha value is -1.89. The molecule has 24 heavy (non-hydrogen) atoms. The zero-order valence-electron chi connectivity index (χ0n) is 14.1. The molecule has 1 fully saturated rings. The first-order valence-electron chi connectivity index (χ1n) is 8.42. The minimum absolute atomic E-state index is 0.321. The van der Waals surface area contributed by atoms with Crippen molar-refractivity contribution in [3.8, 4) is 5.75 Å². The maximum absolute atomic E-state index is 10.2. The van der Waals surface area contributed by atoms with Crippen molar-refractivity contribution in [3.05, 3.63) is 47.9 Å². The van der Waals surface area contributed by atoms with Crippen LogP contribution >= 0.6 is 0 Å². The zero-order chi connectivity index (χ0) is 16.8. The van der Waals surface area contributed by atoms with Crippen molar-refractivity contribution in [1.29, 1.82) is 0 Å². The van der Waals surface area contributed by atoms with E-state index in [0.717, 1.165) is 49.9 Å². The van der Waals surface area contributed by atoms with Gasteiger partial charge in [0.1, 0.15) is 18.5 Å². The topological polar surface area (TPSA) is 62.0 Å². The van der Waals surface area contributed by atoms with Crippen LogP contribution < -0.4 is 4.74 Å². The van der Waals surface area contributed by atoms with Crippen LogP contribution in [0.3, 0.4) is 0 Å². The van der Waals surface area contributed by atoms with Crippen molar-refractivity contribution in [2.75, 3.05) is 39.3 Å². The van der Waals surface area contributed by atoms with Crippen LogP contribution in [0.2, 0.25) is 0 Å². The summed E-state index contributed by atoms with van der Waals surface area (Å²) in [5, 5.41) is 14.1. The number of ether oxygens (including phenoxy) is 1. The number of aliphatic hydroxyl groups excluding tert-OH is 1. The molecule has 0 amide bonds. The molecule has 2 heterocycles. The van der Waals surface area contributed by atoms with Crippen LogP contribution in [0.15, 0.2) is 40.9 Å². The summed E-state index contributed by atoms with van der Waals surface area (Å²) in [5.41, 5.74) is 0.921. The van der Waals surface area contributed by atoms with Gasteiger partial charge in [-0.3, -0.25) is 9.80 Å². The number of aliphatic hydroxyl groups is 1. The number of piperazine rings is 1. The second-order valence-electron chi connectivity index (χ2n) is 6.29. The van der Waals surface area contributed by atoms with Crippen LogP contribution in [0.4, 0.5) is 0 Å². The van der Waals surface area contributed by atoms with Gasteiger partial charge in [0.25, 0.3) is 0 Å². The lowest BCUT2D eigenvalue weighted by atomic mass is 10.2. The molecule has 2 aromatic rings. The Balaban J connectivity index is 1.35. The summed E-state index contributed by atoms with van der Waals surface area (Å²) in [7, 11) is 0. The molecule has 1 aliphatic heterocycles. The van der Waals surface area contributed by atoms with E-state index in [9.17, 15) is 5.11 Å². The Bertz CT molecular complexity index is 609. The van der Waals surface area contributed by atoms with Crippen LogP contribution in [-0.2, 0) is 6.54 Å². The summed E-state index contributed by atoms with van der Waals surface area (Å²) in [6.07, 6.45) is -0.478. The molecule has 1 atom stereocenters. The highest BCUT2D eigenvalue weighted by molar-refractivity contribution is 5.20. The Morgan fingerprint density at radius 3 is 2.54 bits per heavy atom. The average Bonchev–Trinajstić information content (AvgIpc) is 3.01. The Labute approximate surface area is 142 Å². The number of nitrogens with zero attached hydrogens (tertiary/aromatic N) is 3. The molecule has 1 saturated heterocycles. The molecule has 0 bridgehead atoms. The molecule has 1 N–H and O–H groups in total. The van der Waals surface area contributed by atoms with E-state index >= 15 is 0 Å². The lowest BCUT2D eigenvalue weighted by Crippen LogP contribution is -2.48. The van der Waals surface area contributed by atoms with Crippen LogP contribution in [-0.4, -0.2) is 65.5 Å². The van der Waals surface area contributed by atoms with E-state index in [1.54, 1.807) is 0 Å². The van der Waals surface area contributed by atoms with Crippen LogP contribution in [0.1, 0.15) is 11.5 Å². The first-order chi connectivity index (χ1) is 11.7. The van der Waals surface area contributed by atoms with Crippen molar-refractivity contribution in [2.24, 2.45) is 0 Å². The van der Waals surface area contributed by atoms with Gasteiger partial charge in [0.15, 0.2) is 5.76 Å². The van der Waals surface area contributed by atoms with Gasteiger partial charge in [-0.2, -0.15) is 0 Å². The zero-order valence-corrected chi connectivity index (χ0v) is 14.1. The predicted octanol–water partition coefficient (Wildman–Crippen LogP) is 1.54. The molecule has 0 aliphatic carbocycles. The molecular formula is C18H25N3O3. The molecule has 130 valence electrons. The largest absolute Gasteiger partial charge is 0.491 e. The summed E-state index contributed by atoms with van der Waals surface area (Å²) < 4.78 is 10.9. The number of benzene rings is 1. The fourth-order valence-corrected chi connectivity index (χ4v) is 2.90. The average molecular weight is 331 g/mol. The molecule has 6 heteroatoms. The van der Waals surface area contributed by atoms with Gasteiger partial charge in [-0.15, -0.1) is 0 Å². The monoisotopic (exact) mass is 331 g/mol. The van der Waals surface area contributed by atoms with Gasteiger partial charge in [-0.25, -0.2) is 0 Å². The first kappa shape index (κ1) is 17.0. The summed E-state index contributed by atoms with van der Waals surface area (Å²) in [6.45, 7) is 7.50. The Morgan fingerprint density at radius 2 is 1.88 bits per heavy atom. The van der Waals surface area contributed by atoms with Gasteiger partial charge >= 0.3 is 0 Å². The van der Waals surface area contributed by atoms with E-state index in [0.29, 0.717) is 13.2 Å². The third kappa shape index (κ3) is 5.06. The van der Waals surface area contributed by atoms with Gasteiger partial charge in [0.2, 0.25) is 0 Å². The van der Waals surface area contributed by atoms with E-state index in [1.807, 2.05) is 43.3 Å². The minimum Gasteiger partial charge on any atom is -0.491 e. The lowest BCUT2D eigenvalue weighted by Gasteiger charge is -2.35. The van der Waals surface area contributed by atoms with Gasteiger partial charge in [-0.1, -0.05) is 23.4 Å². The minimum atomic E-state index is -0.478. The van der Waals surface area contributed by atoms with Crippen LogP contribution in [0.25, 0.3) is 0 Å². The maximum Gasteiger partial charge on any atom is 0.150 e. The molecule has 3 rings (SSSR count). The summed E-state index contributed by atoms with van der Waals surface area (Å²) in [4.78, 5) is 4.63. The predicted molar refractivity (Wildman–Crippen MR) is 90.9 cm³/mol. The fourth-order valence-electron chi connectivity index (χ4n) is 2.90. The molecule has 1 aromatic heterocycles. The second kappa shape index (κ2) is 8.28. The third-order valence-corrected chi connectivity index (χ3v) is 4.18. The number of para-hydroxylation sites is 1. The van der Waals surface area contributed by atoms with Gasteiger partial charge in [0.05, 0.1) is 12.2 Å². The SMILES string of the molecule is Cc1cc(CN2CCN(C[C@@H](O)COc3ccccc3)CC2)on1. The summed E-state index contributed by atoms with van der Waals surface area (Å²) in [6, 6.07) is 11.6. The van der Waals surface area contributed by atoms with Crippen molar-refractivity contribution >= 4 is 0 Å². The molecule has 6 nitrogen and oxygen atoms in total. The Kier molecular flexibility index (Phi) is 5.85. The molecular weight excluding hydrogens is 306 g/mol. The highest BCUT2D eigenvalue weighted by Crippen LogP contribution is 2.11. The molecule has 1 aromatic carbocycles. The maximum atomic E-state index is 10.2. The third-order valence-electron chi connectivity index (χ3n) is 4.18. The number of rotatable bonds is 7. The smallest absolute Gasteiger partial charge is 0.150 e. The molecule has 1 aliphatic rings. The summed E-state index contributed by atoms with van der Waals surface area (Å²) in [5.74, 6) is 1.71. The highest BCUT2D eigenvalue weighted by Gasteiger charge is 2.20. The van der Waals surface area contributed by atoms with Crippen LogP contribution in [0, 0.1) is 6.92 Å². The standard InChI is InChI=1S/C18H25N3O3/c1-15-11-18(24-19-15)13-21-9-7-20(8-10-21)12-16(22)14-23-17-5-3-2-4-6-17/h2-6,11,16,22H,7-10,12-14H2,1H3/t16-/m1/s1. The van der Waals surface area contributed by atoms with Gasteiger partial charge < -0.3 is 14.4 Å². The van der Waals surface area contributed by atoms with Crippen LogP contribution in [0.5, 0.6) is 5.75 Å². The number of aryl methyl sites for hydroxylation is 1. The van der Waals surface area contributed by atoms with E-state index in [-0.39, 0.29) is 0 Å². The van der Waals surface area contributed by atoms with Gasteiger partial charge in [0, 0.05) is 38.8 Å². The summed E-state index contributed by atoms with van der Waals surface area (Å²) >= 11 is 0. The van der Waals surface area contributed by atoms with Crippen molar-refractivity contribution < 1.29 is 14.4 Å². The molecule has 0 saturated carbocycles. The fraction of sp³-hybridized carbons (Fsp3) is 0.500. The number of hydrogen-bond acceptors (Lipinski definition) is 6. The molecule has 0 radical (unpaired) electrons. The van der Waals surface area contributed by atoms with E-state index < -0.39 is 6.10 Å². The van der Waals surface area contributed by atoms with Crippen molar-refractivity contribution in [2.45, 2.75) is 19.6 Å². The second-order valence-corrected chi connectivity index (χ2v) is 6.29. The van der Waals surface area contributed by atoms with E-state index in [1.165, 1.54) is 0 Å². The number of hydrogen-bond donors (Lipinski definition) is 1. The first-order valence-corrected chi connectivity index (χ1v) is 8.42. The molecule has 0 spiro atoms. The highest BCUT2D eigenvalue weighted by atomic mass is 16.5. The lowest BCUT2D eigenvalue weighted by molar-refractivity contribution is 0.0430. The van der Waals surface area contributed by atoms with Crippen molar-refractivity contribution in [1.82, 2.24) is 15.0 Å².